The molecule has 6 nitrogen and oxygen atoms in total. The number of carboxylic acids is 1. The average molecular weight is 326 g/mol. The van der Waals surface area contributed by atoms with E-state index in [9.17, 15) is 9.59 Å². The molecule has 1 atom stereocenters. The van der Waals surface area contributed by atoms with E-state index in [1.54, 1.807) is 53.7 Å². The number of rotatable bonds is 4. The van der Waals surface area contributed by atoms with E-state index in [0.717, 1.165) is 0 Å². The molecule has 0 radical (unpaired) electrons. The minimum atomic E-state index is -0.840. The van der Waals surface area contributed by atoms with Gasteiger partial charge in [0, 0.05) is 24.8 Å². The summed E-state index contributed by atoms with van der Waals surface area (Å²) in [4.78, 5) is 29.2. The highest BCUT2D eigenvalue weighted by Crippen LogP contribution is 2.23. The van der Waals surface area contributed by atoms with Crippen LogP contribution in [0.4, 0.5) is 0 Å². The van der Waals surface area contributed by atoms with Crippen molar-refractivity contribution in [2.75, 3.05) is 13.1 Å². The second-order valence-corrected chi connectivity index (χ2v) is 5.74. The third-order valence-corrected chi connectivity index (χ3v) is 4.03. The maximum Gasteiger partial charge on any atom is 0.308 e. The van der Waals surface area contributed by atoms with Crippen LogP contribution in [0.3, 0.4) is 0 Å². The number of piperidine rings is 1. The smallest absolute Gasteiger partial charge is 0.308 e. The molecule has 1 aromatic heterocycles. The van der Waals surface area contributed by atoms with Gasteiger partial charge in [0.15, 0.2) is 0 Å². The molecule has 1 aromatic carbocycles. The first-order chi connectivity index (χ1) is 11.6. The molecular formula is C18H18N2O4. The van der Waals surface area contributed by atoms with Crippen molar-refractivity contribution in [3.8, 4) is 11.5 Å². The largest absolute Gasteiger partial charge is 0.481 e. The molecule has 2 aromatic rings. The maximum absolute atomic E-state index is 12.5. The Hall–Kier alpha value is -2.89. The summed E-state index contributed by atoms with van der Waals surface area (Å²) in [5.41, 5.74) is 0.527. The van der Waals surface area contributed by atoms with Gasteiger partial charge in [-0.05, 0) is 49.2 Å². The van der Waals surface area contributed by atoms with Crippen LogP contribution >= 0.6 is 0 Å². The van der Waals surface area contributed by atoms with Gasteiger partial charge in [0.2, 0.25) is 0 Å². The number of pyridine rings is 1. The number of amides is 1. The first kappa shape index (κ1) is 16.0. The van der Waals surface area contributed by atoms with Crippen LogP contribution in [0.15, 0.2) is 48.8 Å². The Bertz CT molecular complexity index is 716. The van der Waals surface area contributed by atoms with Crippen LogP contribution in [-0.4, -0.2) is 40.0 Å². The van der Waals surface area contributed by atoms with Gasteiger partial charge in [0.1, 0.15) is 11.5 Å². The monoisotopic (exact) mass is 326 g/mol. The number of hydrogen-bond acceptors (Lipinski definition) is 4. The molecule has 1 saturated heterocycles. The fourth-order valence-electron chi connectivity index (χ4n) is 2.75. The van der Waals surface area contributed by atoms with Crippen molar-refractivity contribution in [2.45, 2.75) is 12.8 Å². The molecule has 0 saturated carbocycles. The number of nitrogens with zero attached hydrogens (tertiary/aromatic N) is 2. The van der Waals surface area contributed by atoms with Crippen LogP contribution in [0.2, 0.25) is 0 Å². The Balaban J connectivity index is 1.66. The molecule has 6 heteroatoms. The minimum absolute atomic E-state index is 0.145. The summed E-state index contributed by atoms with van der Waals surface area (Å²) in [5.74, 6) is -0.226. The SMILES string of the molecule is O=C(O)[C@H]1CCCN(C(=O)c2ccc(Oc3cccnc3)cc2)C1. The molecule has 24 heavy (non-hydrogen) atoms. The number of carbonyl (C=O) groups excluding carboxylic acids is 1. The number of aliphatic carboxylic acids is 1. The number of aromatic nitrogens is 1. The Morgan fingerprint density at radius 1 is 1.17 bits per heavy atom. The van der Waals surface area contributed by atoms with Crippen LogP contribution in [0, 0.1) is 5.92 Å². The number of carboxylic acid groups (broad SMARTS) is 1. The van der Waals surface area contributed by atoms with Crippen LogP contribution in [-0.2, 0) is 4.79 Å². The fraction of sp³-hybridized carbons (Fsp3) is 0.278. The van der Waals surface area contributed by atoms with Gasteiger partial charge in [0.25, 0.3) is 5.91 Å². The van der Waals surface area contributed by atoms with Crippen molar-refractivity contribution in [3.63, 3.8) is 0 Å². The molecule has 1 amide bonds. The average Bonchev–Trinajstić information content (AvgIpc) is 2.63. The van der Waals surface area contributed by atoms with Crippen molar-refractivity contribution >= 4 is 11.9 Å². The normalized spacial score (nSPS) is 17.3. The van der Waals surface area contributed by atoms with E-state index in [1.165, 1.54) is 0 Å². The van der Waals surface area contributed by atoms with E-state index in [2.05, 4.69) is 4.98 Å². The number of carbonyl (C=O) groups is 2. The molecule has 0 unspecified atom stereocenters. The summed E-state index contributed by atoms with van der Waals surface area (Å²) in [6.45, 7) is 0.860. The topological polar surface area (TPSA) is 79.7 Å². The van der Waals surface area contributed by atoms with Gasteiger partial charge in [-0.25, -0.2) is 0 Å². The summed E-state index contributed by atoms with van der Waals surface area (Å²) in [7, 11) is 0. The van der Waals surface area contributed by atoms with E-state index >= 15 is 0 Å². The van der Waals surface area contributed by atoms with Gasteiger partial charge in [0.05, 0.1) is 12.1 Å². The number of ether oxygens (including phenoxy) is 1. The first-order valence-corrected chi connectivity index (χ1v) is 7.83. The lowest BCUT2D eigenvalue weighted by molar-refractivity contribution is -0.143. The van der Waals surface area contributed by atoms with Gasteiger partial charge in [-0.2, -0.15) is 0 Å². The highest BCUT2D eigenvalue weighted by Gasteiger charge is 2.28. The molecule has 0 spiro atoms. The molecule has 124 valence electrons. The van der Waals surface area contributed by atoms with E-state index in [0.29, 0.717) is 36.4 Å². The predicted octanol–water partition coefficient (Wildman–Crippen LogP) is 2.81. The van der Waals surface area contributed by atoms with E-state index in [1.807, 2.05) is 0 Å². The lowest BCUT2D eigenvalue weighted by atomic mass is 9.97. The van der Waals surface area contributed by atoms with Gasteiger partial charge in [-0.1, -0.05) is 0 Å². The van der Waals surface area contributed by atoms with E-state index in [-0.39, 0.29) is 12.5 Å². The van der Waals surface area contributed by atoms with Crippen molar-refractivity contribution in [1.82, 2.24) is 9.88 Å². The molecule has 0 aliphatic carbocycles. The van der Waals surface area contributed by atoms with Gasteiger partial charge in [-0.3, -0.25) is 14.6 Å². The Morgan fingerprint density at radius 3 is 2.62 bits per heavy atom. The molecule has 2 heterocycles. The highest BCUT2D eigenvalue weighted by atomic mass is 16.5. The number of benzene rings is 1. The van der Waals surface area contributed by atoms with Crippen LogP contribution in [0.25, 0.3) is 0 Å². The zero-order valence-corrected chi connectivity index (χ0v) is 13.1. The lowest BCUT2D eigenvalue weighted by Gasteiger charge is -2.30. The summed E-state index contributed by atoms with van der Waals surface area (Å²) < 4.78 is 5.64. The van der Waals surface area contributed by atoms with Crippen LogP contribution in [0.5, 0.6) is 11.5 Å². The maximum atomic E-state index is 12.5. The fourth-order valence-corrected chi connectivity index (χ4v) is 2.75. The van der Waals surface area contributed by atoms with Crippen molar-refractivity contribution in [2.24, 2.45) is 5.92 Å². The summed E-state index contributed by atoms with van der Waals surface area (Å²) in [6, 6.07) is 10.4. The van der Waals surface area contributed by atoms with Crippen molar-refractivity contribution in [1.29, 1.82) is 0 Å². The molecule has 1 fully saturated rings. The Kier molecular flexibility index (Phi) is 4.74. The van der Waals surface area contributed by atoms with Gasteiger partial charge in [-0.15, -0.1) is 0 Å². The molecule has 3 rings (SSSR count). The highest BCUT2D eigenvalue weighted by molar-refractivity contribution is 5.94. The second kappa shape index (κ2) is 7.12. The zero-order chi connectivity index (χ0) is 16.9. The second-order valence-electron chi connectivity index (χ2n) is 5.74. The van der Waals surface area contributed by atoms with Gasteiger partial charge >= 0.3 is 5.97 Å². The van der Waals surface area contributed by atoms with Crippen LogP contribution in [0.1, 0.15) is 23.2 Å². The Morgan fingerprint density at radius 2 is 1.96 bits per heavy atom. The summed E-state index contributed by atoms with van der Waals surface area (Å²) in [6.07, 6.45) is 4.61. The van der Waals surface area contributed by atoms with Crippen molar-refractivity contribution < 1.29 is 19.4 Å². The van der Waals surface area contributed by atoms with Crippen molar-refractivity contribution in [3.05, 3.63) is 54.4 Å². The minimum Gasteiger partial charge on any atom is -0.481 e. The van der Waals surface area contributed by atoms with Crippen LogP contribution < -0.4 is 4.74 Å². The van der Waals surface area contributed by atoms with E-state index in [4.69, 9.17) is 9.84 Å². The Labute approximate surface area is 139 Å². The van der Waals surface area contributed by atoms with Gasteiger partial charge < -0.3 is 14.7 Å². The number of hydrogen-bond donors (Lipinski definition) is 1. The molecule has 1 N–H and O–H groups in total. The lowest BCUT2D eigenvalue weighted by Crippen LogP contribution is -2.42. The number of likely N-dealkylation sites (tertiary alicyclic amines) is 1. The molecule has 0 bridgehead atoms. The summed E-state index contributed by atoms with van der Waals surface area (Å²) >= 11 is 0. The first-order valence-electron chi connectivity index (χ1n) is 7.83. The third kappa shape index (κ3) is 3.71. The standard InChI is InChI=1S/C18H18N2O4/c21-17(20-10-2-3-14(12-20)18(22)23)13-5-7-15(8-6-13)24-16-4-1-9-19-11-16/h1,4-9,11,14H,2-3,10,12H2,(H,22,23)/t14-/m0/s1. The molecular weight excluding hydrogens is 308 g/mol. The predicted molar refractivity (Wildman–Crippen MR) is 87.0 cm³/mol. The zero-order valence-electron chi connectivity index (χ0n) is 13.1. The quantitative estimate of drug-likeness (QED) is 0.934. The summed E-state index contributed by atoms with van der Waals surface area (Å²) in [5, 5.41) is 9.13. The van der Waals surface area contributed by atoms with E-state index < -0.39 is 11.9 Å². The molecule has 1 aliphatic rings. The molecule has 1 aliphatic heterocycles. The third-order valence-electron chi connectivity index (χ3n) is 4.03.